The average molecular weight is 478 g/mol. The molecule has 1 aliphatic rings. The second-order valence-corrected chi connectivity index (χ2v) is 10.6. The van der Waals surface area contributed by atoms with Crippen molar-refractivity contribution in [1.82, 2.24) is 30.3 Å². The van der Waals surface area contributed by atoms with Crippen LogP contribution in [0.1, 0.15) is 28.2 Å². The number of piperidine rings is 1. The Hall–Kier alpha value is -2.95. The number of amides is 1. The lowest BCUT2D eigenvalue weighted by atomic mass is 10.1. The van der Waals surface area contributed by atoms with Crippen LogP contribution in [0.3, 0.4) is 0 Å². The molecule has 0 saturated carbocycles. The van der Waals surface area contributed by atoms with Gasteiger partial charge in [0.2, 0.25) is 0 Å². The number of aromatic nitrogens is 5. The van der Waals surface area contributed by atoms with Gasteiger partial charge in [-0.05, 0) is 76.3 Å². The number of rotatable bonds is 5. The summed E-state index contributed by atoms with van der Waals surface area (Å²) in [6.07, 6.45) is 3.95. The number of pyridine rings is 1. The molecule has 4 heterocycles. The molecule has 33 heavy (non-hydrogen) atoms. The number of aryl methyl sites for hydroxylation is 1. The van der Waals surface area contributed by atoms with Crippen molar-refractivity contribution in [3.8, 4) is 10.6 Å². The molecule has 1 N–H and O–H groups in total. The van der Waals surface area contributed by atoms with Gasteiger partial charge in [-0.15, -0.1) is 32.2 Å². The number of thioether (sulfide) groups is 1. The third-order valence-electron chi connectivity index (χ3n) is 5.55. The van der Waals surface area contributed by atoms with Gasteiger partial charge >= 0.3 is 0 Å². The van der Waals surface area contributed by atoms with Crippen LogP contribution in [0.2, 0.25) is 0 Å². The zero-order valence-corrected chi connectivity index (χ0v) is 20.0. The van der Waals surface area contributed by atoms with Gasteiger partial charge in [0.25, 0.3) is 5.91 Å². The van der Waals surface area contributed by atoms with Gasteiger partial charge in [-0.25, -0.2) is 4.98 Å². The maximum absolute atomic E-state index is 12.9. The normalized spacial score (nSPS) is 15.1. The van der Waals surface area contributed by atoms with Crippen molar-refractivity contribution >= 4 is 45.7 Å². The number of nitrogens with one attached hydrogen (secondary N) is 1. The molecule has 0 bridgehead atoms. The van der Waals surface area contributed by atoms with Crippen LogP contribution < -0.4 is 5.32 Å². The van der Waals surface area contributed by atoms with Crippen molar-refractivity contribution in [1.29, 1.82) is 0 Å². The fraction of sp³-hybridized carbons (Fsp3) is 0.304. The second kappa shape index (κ2) is 9.50. The van der Waals surface area contributed by atoms with Crippen LogP contribution in [0.5, 0.6) is 0 Å². The first-order valence-electron chi connectivity index (χ1n) is 10.7. The third kappa shape index (κ3) is 5.18. The van der Waals surface area contributed by atoms with Crippen LogP contribution in [0, 0.1) is 6.92 Å². The number of anilines is 1. The first-order chi connectivity index (χ1) is 16.0. The molecule has 8 nitrogen and oxygen atoms in total. The highest BCUT2D eigenvalue weighted by Crippen LogP contribution is 2.30. The highest BCUT2D eigenvalue weighted by atomic mass is 32.2. The summed E-state index contributed by atoms with van der Waals surface area (Å²) >= 11 is 3.29. The zero-order chi connectivity index (χ0) is 22.8. The Labute approximate surface area is 199 Å². The molecular formula is C23H23N7OS2. The maximum Gasteiger partial charge on any atom is 0.257 e. The minimum atomic E-state index is -0.229. The number of likely N-dealkylation sites (tertiary alicyclic amines) is 1. The summed E-state index contributed by atoms with van der Waals surface area (Å²) in [4.78, 5) is 19.7. The van der Waals surface area contributed by atoms with Crippen molar-refractivity contribution in [2.24, 2.45) is 0 Å². The molecule has 1 saturated heterocycles. The molecule has 1 aliphatic heterocycles. The lowest BCUT2D eigenvalue weighted by molar-refractivity contribution is 0.102. The summed E-state index contributed by atoms with van der Waals surface area (Å²) in [6.45, 7) is 4.12. The van der Waals surface area contributed by atoms with Gasteiger partial charge in [-0.2, -0.15) is 0 Å². The molecular weight excluding hydrogens is 454 g/mol. The number of hydrogen-bond acceptors (Lipinski definition) is 9. The summed E-state index contributed by atoms with van der Waals surface area (Å²) in [5.74, 6) is 0.173. The van der Waals surface area contributed by atoms with Crippen LogP contribution in [-0.2, 0) is 0 Å². The lowest BCUT2D eigenvalue weighted by Gasteiger charge is -2.28. The van der Waals surface area contributed by atoms with Gasteiger partial charge in [0.05, 0.1) is 10.5 Å². The van der Waals surface area contributed by atoms with Crippen LogP contribution in [0.25, 0.3) is 21.5 Å². The van der Waals surface area contributed by atoms with E-state index in [2.05, 4.69) is 42.6 Å². The third-order valence-corrected chi connectivity index (χ3v) is 7.71. The molecule has 10 heteroatoms. The first-order valence-corrected chi connectivity index (χ1v) is 12.4. The Morgan fingerprint density at radius 1 is 1.09 bits per heavy atom. The van der Waals surface area contributed by atoms with Gasteiger partial charge in [0.1, 0.15) is 10.0 Å². The van der Waals surface area contributed by atoms with E-state index in [4.69, 9.17) is 0 Å². The van der Waals surface area contributed by atoms with Gasteiger partial charge in [0.15, 0.2) is 5.82 Å². The van der Waals surface area contributed by atoms with Gasteiger partial charge < -0.3 is 10.2 Å². The van der Waals surface area contributed by atoms with Crippen LogP contribution in [-0.4, -0.2) is 61.6 Å². The molecule has 168 valence electrons. The topological polar surface area (TPSA) is 96.8 Å². The predicted molar refractivity (Wildman–Crippen MR) is 132 cm³/mol. The molecule has 3 aromatic heterocycles. The summed E-state index contributed by atoms with van der Waals surface area (Å²) < 4.78 is 0. The zero-order valence-electron chi connectivity index (χ0n) is 18.4. The van der Waals surface area contributed by atoms with E-state index >= 15 is 0 Å². The number of fused-ring (bicyclic) bond motifs is 1. The van der Waals surface area contributed by atoms with E-state index in [1.165, 1.54) is 11.3 Å². The fourth-order valence-electron chi connectivity index (χ4n) is 3.73. The Bertz CT molecular complexity index is 1300. The molecule has 0 unspecified atom stereocenters. The van der Waals surface area contributed by atoms with Crippen LogP contribution in [0.4, 0.5) is 5.82 Å². The number of hydrogen-bond donors (Lipinski definition) is 1. The van der Waals surface area contributed by atoms with E-state index in [1.807, 2.05) is 37.3 Å². The highest BCUT2D eigenvalue weighted by molar-refractivity contribution is 7.99. The standard InChI is InChI=1S/C23H23N7OS2/c1-14-26-29-23(32-14)16-3-4-19-17(11-16)12-20(28-27-19)25-22(31)15-5-8-24-21(13-15)33-18-6-9-30(2)10-7-18/h3-5,8,11-13,18H,6-7,9-10H2,1-2H3,(H,25,28,31). The maximum atomic E-state index is 12.9. The minimum absolute atomic E-state index is 0.229. The Balaban J connectivity index is 1.31. The molecule has 0 aliphatic carbocycles. The number of carbonyl (C=O) groups is 1. The highest BCUT2D eigenvalue weighted by Gasteiger charge is 2.19. The van der Waals surface area contributed by atoms with Crippen molar-refractivity contribution in [2.45, 2.75) is 30.0 Å². The van der Waals surface area contributed by atoms with E-state index in [-0.39, 0.29) is 5.91 Å². The van der Waals surface area contributed by atoms with Crippen LogP contribution >= 0.6 is 23.1 Å². The fourth-order valence-corrected chi connectivity index (χ4v) is 5.52. The molecule has 1 amide bonds. The van der Waals surface area contributed by atoms with E-state index in [9.17, 15) is 4.79 Å². The molecule has 0 radical (unpaired) electrons. The first kappa shape index (κ1) is 21.9. The SMILES string of the molecule is Cc1nnc(-c2ccc3nnc(NC(=O)c4ccnc(SC5CCN(C)CC5)c4)cc3c2)s1. The monoisotopic (exact) mass is 477 g/mol. The Morgan fingerprint density at radius 2 is 1.94 bits per heavy atom. The van der Waals surface area contributed by atoms with Crippen LogP contribution in [0.15, 0.2) is 47.6 Å². The largest absolute Gasteiger partial charge is 0.306 e. The van der Waals surface area contributed by atoms with Crippen molar-refractivity contribution < 1.29 is 4.79 Å². The quantitative estimate of drug-likeness (QED) is 0.455. The molecule has 5 rings (SSSR count). The summed E-state index contributed by atoms with van der Waals surface area (Å²) in [6, 6.07) is 11.2. The Kier molecular flexibility index (Phi) is 6.30. The van der Waals surface area contributed by atoms with Gasteiger partial charge in [-0.1, -0.05) is 11.3 Å². The molecule has 0 spiro atoms. The number of nitrogens with zero attached hydrogens (tertiary/aromatic N) is 6. The summed E-state index contributed by atoms with van der Waals surface area (Å²) in [5, 5.41) is 23.6. The summed E-state index contributed by atoms with van der Waals surface area (Å²) in [7, 11) is 2.15. The van der Waals surface area contributed by atoms with E-state index in [0.717, 1.165) is 57.4 Å². The predicted octanol–water partition coefficient (Wildman–Crippen LogP) is 4.29. The smallest absolute Gasteiger partial charge is 0.257 e. The van der Waals surface area contributed by atoms with Crippen molar-refractivity contribution in [2.75, 3.05) is 25.5 Å². The van der Waals surface area contributed by atoms with Gasteiger partial charge in [-0.3, -0.25) is 4.79 Å². The van der Waals surface area contributed by atoms with Crippen molar-refractivity contribution in [3.63, 3.8) is 0 Å². The van der Waals surface area contributed by atoms with E-state index < -0.39 is 0 Å². The minimum Gasteiger partial charge on any atom is -0.306 e. The Morgan fingerprint density at radius 3 is 2.73 bits per heavy atom. The molecule has 1 fully saturated rings. The second-order valence-electron chi connectivity index (χ2n) is 8.09. The van der Waals surface area contributed by atoms with Gasteiger partial charge in [0, 0.05) is 28.0 Å². The molecule has 4 aromatic rings. The van der Waals surface area contributed by atoms with E-state index in [1.54, 1.807) is 24.0 Å². The molecule has 1 aromatic carbocycles. The number of carbonyl (C=O) groups excluding carboxylic acids is 1. The lowest BCUT2D eigenvalue weighted by Crippen LogP contribution is -2.31. The average Bonchev–Trinajstić information content (AvgIpc) is 3.26. The van der Waals surface area contributed by atoms with E-state index in [0.29, 0.717) is 16.6 Å². The number of benzene rings is 1. The molecule has 0 atom stereocenters. The van der Waals surface area contributed by atoms with Crippen molar-refractivity contribution in [3.05, 3.63) is 53.2 Å². The summed E-state index contributed by atoms with van der Waals surface area (Å²) in [5.41, 5.74) is 2.27.